The largest absolute Gasteiger partial charge is 0.481 e. The normalized spacial score (nSPS) is 12.9. The van der Waals surface area contributed by atoms with Crippen molar-refractivity contribution in [1.29, 1.82) is 0 Å². The summed E-state index contributed by atoms with van der Waals surface area (Å²) in [4.78, 5) is 10.8. The topological polar surface area (TPSA) is 63.3 Å². The van der Waals surface area contributed by atoms with Crippen molar-refractivity contribution in [2.75, 3.05) is 0 Å². The van der Waals surface area contributed by atoms with Crippen molar-refractivity contribution in [3.8, 4) is 0 Å². The zero-order chi connectivity index (χ0) is 11.7. The first-order valence-electron chi connectivity index (χ1n) is 4.85. The summed E-state index contributed by atoms with van der Waals surface area (Å²) in [6.45, 7) is 1.65. The van der Waals surface area contributed by atoms with Gasteiger partial charge in [0.2, 0.25) is 0 Å². The van der Waals surface area contributed by atoms with Crippen molar-refractivity contribution >= 4 is 32.8 Å². The minimum Gasteiger partial charge on any atom is -0.481 e. The van der Waals surface area contributed by atoms with Crippen LogP contribution in [0.1, 0.15) is 12.7 Å². The Kier molecular flexibility index (Phi) is 2.96. The molecule has 2 aromatic rings. The second-order valence-electron chi connectivity index (χ2n) is 3.69. The van der Waals surface area contributed by atoms with E-state index in [0.717, 1.165) is 15.4 Å². The summed E-state index contributed by atoms with van der Waals surface area (Å²) in [5, 5.41) is 13.6. The number of benzene rings is 1. The van der Waals surface area contributed by atoms with E-state index in [1.54, 1.807) is 6.92 Å². The number of carboxylic acid groups (broad SMARTS) is 1. The molecule has 4 nitrogen and oxygen atoms in total. The van der Waals surface area contributed by atoms with Crippen LogP contribution >= 0.6 is 15.9 Å². The molecule has 1 N–H and O–H groups in total. The second kappa shape index (κ2) is 4.25. The number of hydrogen-bond acceptors (Lipinski definition) is 3. The molecule has 0 saturated heterocycles. The van der Waals surface area contributed by atoms with Crippen molar-refractivity contribution in [3.63, 3.8) is 0 Å². The van der Waals surface area contributed by atoms with E-state index in [2.05, 4.69) is 21.1 Å². The standard InChI is InChI=1S/C11H10BrNO3/c1-6(11(14)15)5-9-7-3-2-4-8(12)10(7)13-16-9/h2-4,6H,5H2,1H3,(H,14,15). The molecule has 1 aromatic carbocycles. The predicted molar refractivity (Wildman–Crippen MR) is 62.2 cm³/mol. The Labute approximate surface area is 100 Å². The van der Waals surface area contributed by atoms with Gasteiger partial charge < -0.3 is 9.63 Å². The molecule has 0 radical (unpaired) electrons. The van der Waals surface area contributed by atoms with Gasteiger partial charge in [-0.05, 0) is 28.1 Å². The minimum absolute atomic E-state index is 0.349. The molecular formula is C11H10BrNO3. The monoisotopic (exact) mass is 283 g/mol. The molecule has 1 atom stereocenters. The smallest absolute Gasteiger partial charge is 0.306 e. The van der Waals surface area contributed by atoms with Crippen LogP contribution in [-0.4, -0.2) is 16.2 Å². The first-order chi connectivity index (χ1) is 7.59. The molecule has 0 saturated carbocycles. The Morgan fingerprint density at radius 2 is 2.38 bits per heavy atom. The van der Waals surface area contributed by atoms with Gasteiger partial charge >= 0.3 is 5.97 Å². The molecule has 0 aliphatic rings. The highest BCUT2D eigenvalue weighted by Gasteiger charge is 2.17. The maximum atomic E-state index is 10.8. The molecular weight excluding hydrogens is 274 g/mol. The van der Waals surface area contributed by atoms with E-state index >= 15 is 0 Å². The zero-order valence-electron chi connectivity index (χ0n) is 8.61. The number of hydrogen-bond donors (Lipinski definition) is 1. The summed E-state index contributed by atoms with van der Waals surface area (Å²) in [7, 11) is 0. The Bertz CT molecular complexity index is 535. The minimum atomic E-state index is -0.834. The summed E-state index contributed by atoms with van der Waals surface area (Å²) in [6, 6.07) is 5.62. The molecule has 0 aliphatic carbocycles. The van der Waals surface area contributed by atoms with E-state index in [-0.39, 0.29) is 0 Å². The fraction of sp³-hybridized carbons (Fsp3) is 0.273. The van der Waals surface area contributed by atoms with Crippen LogP contribution in [0.3, 0.4) is 0 Å². The van der Waals surface area contributed by atoms with Gasteiger partial charge in [0.25, 0.3) is 0 Å². The Morgan fingerprint density at radius 1 is 1.62 bits per heavy atom. The Hall–Kier alpha value is -1.36. The van der Waals surface area contributed by atoms with Crippen LogP contribution in [0.25, 0.3) is 10.9 Å². The van der Waals surface area contributed by atoms with E-state index in [0.29, 0.717) is 12.2 Å². The molecule has 5 heteroatoms. The van der Waals surface area contributed by atoms with Crippen molar-refractivity contribution in [1.82, 2.24) is 5.16 Å². The Morgan fingerprint density at radius 3 is 3.06 bits per heavy atom. The molecule has 1 aromatic heterocycles. The highest BCUT2D eigenvalue weighted by atomic mass is 79.9. The van der Waals surface area contributed by atoms with Crippen LogP contribution < -0.4 is 0 Å². The molecule has 16 heavy (non-hydrogen) atoms. The number of nitrogens with zero attached hydrogens (tertiary/aromatic N) is 1. The van der Waals surface area contributed by atoms with E-state index in [1.807, 2.05) is 18.2 Å². The average molecular weight is 284 g/mol. The lowest BCUT2D eigenvalue weighted by Crippen LogP contribution is -2.11. The van der Waals surface area contributed by atoms with Crippen LogP contribution in [0.5, 0.6) is 0 Å². The molecule has 1 unspecified atom stereocenters. The third-order valence-corrected chi connectivity index (χ3v) is 3.09. The number of aliphatic carboxylic acids is 1. The van der Waals surface area contributed by atoms with Crippen molar-refractivity contribution < 1.29 is 14.4 Å². The van der Waals surface area contributed by atoms with E-state index in [9.17, 15) is 4.79 Å². The van der Waals surface area contributed by atoms with Gasteiger partial charge in [0.05, 0.1) is 5.92 Å². The molecule has 84 valence electrons. The van der Waals surface area contributed by atoms with Gasteiger partial charge in [0, 0.05) is 16.3 Å². The van der Waals surface area contributed by atoms with Crippen molar-refractivity contribution in [2.45, 2.75) is 13.3 Å². The average Bonchev–Trinajstić information content (AvgIpc) is 2.63. The number of aromatic nitrogens is 1. The molecule has 0 spiro atoms. The fourth-order valence-electron chi connectivity index (χ4n) is 1.50. The van der Waals surface area contributed by atoms with E-state index in [4.69, 9.17) is 9.63 Å². The van der Waals surface area contributed by atoms with Crippen LogP contribution in [-0.2, 0) is 11.2 Å². The third-order valence-electron chi connectivity index (χ3n) is 2.45. The number of rotatable bonds is 3. The second-order valence-corrected chi connectivity index (χ2v) is 4.54. The molecule has 1 heterocycles. The third kappa shape index (κ3) is 1.95. The van der Waals surface area contributed by atoms with E-state index in [1.165, 1.54) is 0 Å². The lowest BCUT2D eigenvalue weighted by molar-refractivity contribution is -0.141. The van der Waals surface area contributed by atoms with Crippen molar-refractivity contribution in [2.24, 2.45) is 5.92 Å². The lowest BCUT2D eigenvalue weighted by atomic mass is 10.0. The number of halogens is 1. The zero-order valence-corrected chi connectivity index (χ0v) is 10.2. The van der Waals surface area contributed by atoms with Gasteiger partial charge in [-0.2, -0.15) is 0 Å². The van der Waals surface area contributed by atoms with Gasteiger partial charge in [0.15, 0.2) is 0 Å². The van der Waals surface area contributed by atoms with Gasteiger partial charge in [0.1, 0.15) is 11.3 Å². The van der Waals surface area contributed by atoms with Crippen LogP contribution in [0.2, 0.25) is 0 Å². The van der Waals surface area contributed by atoms with Crippen LogP contribution in [0.15, 0.2) is 27.2 Å². The highest BCUT2D eigenvalue weighted by molar-refractivity contribution is 9.10. The first-order valence-corrected chi connectivity index (χ1v) is 5.64. The lowest BCUT2D eigenvalue weighted by Gasteiger charge is -2.02. The maximum absolute atomic E-state index is 10.8. The summed E-state index contributed by atoms with van der Waals surface area (Å²) in [5.41, 5.74) is 0.732. The fourth-order valence-corrected chi connectivity index (χ4v) is 1.93. The summed E-state index contributed by atoms with van der Waals surface area (Å²) in [6.07, 6.45) is 0.349. The predicted octanol–water partition coefficient (Wildman–Crippen LogP) is 2.85. The molecule has 0 amide bonds. The first kappa shape index (κ1) is 11.1. The van der Waals surface area contributed by atoms with Crippen LogP contribution in [0, 0.1) is 5.92 Å². The number of carboxylic acids is 1. The quantitative estimate of drug-likeness (QED) is 0.941. The highest BCUT2D eigenvalue weighted by Crippen LogP contribution is 2.26. The van der Waals surface area contributed by atoms with Gasteiger partial charge in [-0.15, -0.1) is 0 Å². The van der Waals surface area contributed by atoms with E-state index < -0.39 is 11.9 Å². The van der Waals surface area contributed by atoms with Gasteiger partial charge in [-0.25, -0.2) is 0 Å². The molecule has 0 bridgehead atoms. The Balaban J connectivity index is 2.39. The van der Waals surface area contributed by atoms with Crippen LogP contribution in [0.4, 0.5) is 0 Å². The molecule has 0 fully saturated rings. The molecule has 0 aliphatic heterocycles. The summed E-state index contributed by atoms with van der Waals surface area (Å²) < 4.78 is 6.02. The number of carbonyl (C=O) groups is 1. The SMILES string of the molecule is CC(Cc1onc2c(Br)cccc12)C(=O)O. The number of fused-ring (bicyclic) bond motifs is 1. The summed E-state index contributed by atoms with van der Waals surface area (Å²) in [5.74, 6) is -0.694. The maximum Gasteiger partial charge on any atom is 0.306 e. The van der Waals surface area contributed by atoms with Crippen molar-refractivity contribution in [3.05, 3.63) is 28.4 Å². The molecule has 2 rings (SSSR count). The van der Waals surface area contributed by atoms with Gasteiger partial charge in [-0.1, -0.05) is 18.1 Å². The summed E-state index contributed by atoms with van der Waals surface area (Å²) >= 11 is 3.37. The van der Waals surface area contributed by atoms with Gasteiger partial charge in [-0.3, -0.25) is 4.79 Å².